The zero-order valence-corrected chi connectivity index (χ0v) is 15.6. The molecule has 2 aromatic heterocycles. The molecule has 1 unspecified atom stereocenters. The van der Waals surface area contributed by atoms with E-state index in [4.69, 9.17) is 9.47 Å². The van der Waals surface area contributed by atoms with E-state index in [9.17, 15) is 4.79 Å². The quantitative estimate of drug-likeness (QED) is 0.834. The summed E-state index contributed by atoms with van der Waals surface area (Å²) in [7, 11) is 0. The molecule has 2 aliphatic rings. The minimum Gasteiger partial charge on any atom is -0.474 e. The van der Waals surface area contributed by atoms with Gasteiger partial charge in [0.1, 0.15) is 11.8 Å². The Balaban J connectivity index is 1.36. The Bertz CT molecular complexity index is 788. The van der Waals surface area contributed by atoms with Crippen LogP contribution in [0.5, 0.6) is 5.88 Å². The molecule has 0 aliphatic carbocycles. The zero-order valence-electron chi connectivity index (χ0n) is 15.6. The Kier molecular flexibility index (Phi) is 5.07. The molecule has 4 rings (SSSR count). The summed E-state index contributed by atoms with van der Waals surface area (Å²) in [4.78, 5) is 23.0. The lowest BCUT2D eigenvalue weighted by Gasteiger charge is -2.45. The molecular weight excluding hydrogens is 342 g/mol. The second-order valence-corrected chi connectivity index (χ2v) is 7.44. The van der Waals surface area contributed by atoms with Crippen LogP contribution >= 0.6 is 0 Å². The fraction of sp³-hybridized carbons (Fsp3) is 0.476. The molecule has 0 radical (unpaired) electrons. The average molecular weight is 367 g/mol. The van der Waals surface area contributed by atoms with Crippen molar-refractivity contribution in [2.45, 2.75) is 44.3 Å². The van der Waals surface area contributed by atoms with E-state index in [0.717, 1.165) is 31.2 Å². The first-order valence-corrected chi connectivity index (χ1v) is 9.57. The highest BCUT2D eigenvalue weighted by molar-refractivity contribution is 5.92. The first kappa shape index (κ1) is 17.9. The third kappa shape index (κ3) is 4.11. The Labute approximate surface area is 159 Å². The van der Waals surface area contributed by atoms with Crippen LogP contribution in [0.25, 0.3) is 0 Å². The van der Waals surface area contributed by atoms with E-state index in [1.165, 1.54) is 0 Å². The molecule has 6 nitrogen and oxygen atoms in total. The highest BCUT2D eigenvalue weighted by Crippen LogP contribution is 2.36. The maximum absolute atomic E-state index is 12.6. The Morgan fingerprint density at radius 2 is 2.07 bits per heavy atom. The minimum absolute atomic E-state index is 0.00183. The predicted octanol–water partition coefficient (Wildman–Crippen LogP) is 3.02. The van der Waals surface area contributed by atoms with E-state index >= 15 is 0 Å². The topological polar surface area (TPSA) is 64.6 Å². The van der Waals surface area contributed by atoms with Gasteiger partial charge < -0.3 is 14.4 Å². The molecule has 1 atom stereocenters. The maximum atomic E-state index is 12.6. The summed E-state index contributed by atoms with van der Waals surface area (Å²) < 4.78 is 12.3. The van der Waals surface area contributed by atoms with Crippen LogP contribution in [0.1, 0.15) is 41.7 Å². The number of piperidine rings is 1. The van der Waals surface area contributed by atoms with Gasteiger partial charge >= 0.3 is 0 Å². The number of pyridine rings is 2. The van der Waals surface area contributed by atoms with Gasteiger partial charge in [-0.25, -0.2) is 4.98 Å². The molecule has 0 N–H and O–H groups in total. The predicted molar refractivity (Wildman–Crippen MR) is 101 cm³/mol. The smallest absolute Gasteiger partial charge is 0.272 e. The number of amides is 1. The van der Waals surface area contributed by atoms with Gasteiger partial charge in [0.05, 0.1) is 12.2 Å². The summed E-state index contributed by atoms with van der Waals surface area (Å²) in [6.45, 7) is 4.09. The number of carbonyl (C=O) groups excluding carboxylic acids is 1. The number of hydrogen-bond donors (Lipinski definition) is 0. The molecule has 2 aromatic rings. The van der Waals surface area contributed by atoms with Crippen molar-refractivity contribution in [2.75, 3.05) is 19.7 Å². The lowest BCUT2D eigenvalue weighted by Crippen LogP contribution is -2.52. The fourth-order valence-corrected chi connectivity index (χ4v) is 3.94. The number of aromatic nitrogens is 2. The van der Waals surface area contributed by atoms with Gasteiger partial charge in [-0.1, -0.05) is 6.07 Å². The van der Waals surface area contributed by atoms with Gasteiger partial charge in [0.15, 0.2) is 0 Å². The van der Waals surface area contributed by atoms with Crippen LogP contribution in [0.4, 0.5) is 0 Å². The van der Waals surface area contributed by atoms with E-state index in [0.29, 0.717) is 31.3 Å². The third-order valence-corrected chi connectivity index (χ3v) is 5.47. The third-order valence-electron chi connectivity index (χ3n) is 5.47. The molecule has 0 saturated carbocycles. The summed E-state index contributed by atoms with van der Waals surface area (Å²) in [5.41, 5.74) is 1.45. The van der Waals surface area contributed by atoms with Crippen molar-refractivity contribution in [3.05, 3.63) is 54.0 Å². The zero-order chi connectivity index (χ0) is 18.7. The molecule has 2 aliphatic heterocycles. The Hall–Kier alpha value is -2.47. The largest absolute Gasteiger partial charge is 0.474 e. The van der Waals surface area contributed by atoms with Crippen molar-refractivity contribution in [1.82, 2.24) is 14.9 Å². The van der Waals surface area contributed by atoms with E-state index in [1.807, 2.05) is 36.1 Å². The maximum Gasteiger partial charge on any atom is 0.272 e. The monoisotopic (exact) mass is 367 g/mol. The number of ether oxygens (including phenoxy) is 2. The Morgan fingerprint density at radius 3 is 2.81 bits per heavy atom. The van der Waals surface area contributed by atoms with Crippen LogP contribution in [-0.4, -0.2) is 52.2 Å². The minimum atomic E-state index is -0.201. The number of nitrogens with zero attached hydrogens (tertiary/aromatic N) is 3. The SMILES string of the molecule is Cc1ccnc(OC2CCOC3(CCN(C(=O)c4ccccn4)CC3)C2)c1. The van der Waals surface area contributed by atoms with E-state index in [-0.39, 0.29) is 17.6 Å². The second-order valence-electron chi connectivity index (χ2n) is 7.44. The van der Waals surface area contributed by atoms with Crippen LogP contribution in [0, 0.1) is 6.92 Å². The lowest BCUT2D eigenvalue weighted by atomic mass is 9.83. The molecule has 2 saturated heterocycles. The number of carbonyl (C=O) groups is 1. The van der Waals surface area contributed by atoms with Crippen molar-refractivity contribution in [1.29, 1.82) is 0 Å². The number of rotatable bonds is 3. The van der Waals surface area contributed by atoms with Crippen molar-refractivity contribution in [3.8, 4) is 5.88 Å². The first-order valence-electron chi connectivity index (χ1n) is 9.57. The summed E-state index contributed by atoms with van der Waals surface area (Å²) in [5, 5.41) is 0. The lowest BCUT2D eigenvalue weighted by molar-refractivity contribution is -0.135. The van der Waals surface area contributed by atoms with Crippen LogP contribution < -0.4 is 4.74 Å². The molecule has 2 fully saturated rings. The van der Waals surface area contributed by atoms with Crippen molar-refractivity contribution >= 4 is 5.91 Å². The van der Waals surface area contributed by atoms with E-state index < -0.39 is 0 Å². The van der Waals surface area contributed by atoms with Crippen LogP contribution in [0.15, 0.2) is 42.7 Å². The van der Waals surface area contributed by atoms with Crippen LogP contribution in [-0.2, 0) is 4.74 Å². The molecule has 1 spiro atoms. The van der Waals surface area contributed by atoms with Gasteiger partial charge in [-0.2, -0.15) is 0 Å². The fourth-order valence-electron chi connectivity index (χ4n) is 3.94. The summed E-state index contributed by atoms with van der Waals surface area (Å²) in [5.74, 6) is 0.679. The van der Waals surface area contributed by atoms with E-state index in [2.05, 4.69) is 9.97 Å². The molecule has 27 heavy (non-hydrogen) atoms. The van der Waals surface area contributed by atoms with Gasteiger partial charge in [0, 0.05) is 44.4 Å². The summed E-state index contributed by atoms with van der Waals surface area (Å²) >= 11 is 0. The van der Waals surface area contributed by atoms with Crippen molar-refractivity contribution in [3.63, 3.8) is 0 Å². The second kappa shape index (κ2) is 7.64. The molecule has 4 heterocycles. The van der Waals surface area contributed by atoms with Crippen molar-refractivity contribution < 1.29 is 14.3 Å². The highest BCUT2D eigenvalue weighted by Gasteiger charge is 2.42. The average Bonchev–Trinajstić information content (AvgIpc) is 2.69. The molecular formula is C21H25N3O3. The van der Waals surface area contributed by atoms with E-state index in [1.54, 1.807) is 18.5 Å². The van der Waals surface area contributed by atoms with Gasteiger partial charge in [-0.3, -0.25) is 9.78 Å². The van der Waals surface area contributed by atoms with Gasteiger partial charge in [0.25, 0.3) is 5.91 Å². The molecule has 0 bridgehead atoms. The number of hydrogen-bond acceptors (Lipinski definition) is 5. The molecule has 142 valence electrons. The van der Waals surface area contributed by atoms with Crippen LogP contribution in [0.3, 0.4) is 0 Å². The highest BCUT2D eigenvalue weighted by atomic mass is 16.5. The molecule has 0 aromatic carbocycles. The van der Waals surface area contributed by atoms with Crippen LogP contribution in [0.2, 0.25) is 0 Å². The Morgan fingerprint density at radius 1 is 1.22 bits per heavy atom. The number of likely N-dealkylation sites (tertiary alicyclic amines) is 1. The molecule has 6 heteroatoms. The van der Waals surface area contributed by atoms with Gasteiger partial charge in [-0.15, -0.1) is 0 Å². The van der Waals surface area contributed by atoms with Crippen molar-refractivity contribution in [2.24, 2.45) is 0 Å². The molecule has 1 amide bonds. The van der Waals surface area contributed by atoms with Gasteiger partial charge in [0.2, 0.25) is 5.88 Å². The standard InChI is InChI=1S/C21H25N3O3/c1-16-5-10-23-19(14-16)27-17-6-13-26-21(15-17)7-11-24(12-8-21)20(25)18-4-2-3-9-22-18/h2-5,9-10,14,17H,6-8,11-13,15H2,1H3. The normalized spacial score (nSPS) is 21.8. The number of aryl methyl sites for hydroxylation is 1. The van der Waals surface area contributed by atoms with Gasteiger partial charge in [-0.05, 0) is 43.5 Å². The summed E-state index contributed by atoms with van der Waals surface area (Å²) in [6.07, 6.45) is 6.90. The summed E-state index contributed by atoms with van der Waals surface area (Å²) in [6, 6.07) is 9.36. The first-order chi connectivity index (χ1) is 13.1.